The van der Waals surface area contributed by atoms with Gasteiger partial charge in [0.25, 0.3) is 0 Å². The maximum Gasteiger partial charge on any atom is 0.220 e. The molecule has 0 aromatic carbocycles. The third-order valence-electron chi connectivity index (χ3n) is 25.1. The zero-order valence-electron chi connectivity index (χ0n) is 76.1. The van der Waals surface area contributed by atoms with Crippen molar-refractivity contribution in [2.24, 2.45) is 0 Å². The first-order chi connectivity index (χ1) is 58.3. The number of amides is 1. The molecular weight excluding hydrogens is 1500 g/mol. The highest BCUT2D eigenvalue weighted by molar-refractivity contribution is 5.76. The lowest BCUT2D eigenvalue weighted by atomic mass is 9.96. The van der Waals surface area contributed by atoms with Crippen molar-refractivity contribution in [2.75, 3.05) is 26.4 Å². The molecule has 0 radical (unpaired) electrons. The second kappa shape index (κ2) is 79.2. The lowest BCUT2D eigenvalue weighted by Crippen LogP contribution is -2.66. The molecule has 0 aliphatic carbocycles. The van der Waals surface area contributed by atoms with Gasteiger partial charge in [0.2, 0.25) is 5.91 Å². The number of nitrogens with one attached hydrogen (secondary N) is 1. The van der Waals surface area contributed by atoms with Gasteiger partial charge in [0.1, 0.15) is 73.2 Å². The molecule has 0 aromatic heterocycles. The molecule has 12 N–H and O–H groups in total. The highest BCUT2D eigenvalue weighted by Gasteiger charge is 2.54. The molecule has 3 saturated heterocycles. The van der Waals surface area contributed by atoms with E-state index >= 15 is 0 Å². The minimum Gasteiger partial charge on any atom is -0.394 e. The van der Waals surface area contributed by atoms with Gasteiger partial charge in [0, 0.05) is 6.42 Å². The molecule has 0 bridgehead atoms. The van der Waals surface area contributed by atoms with Crippen molar-refractivity contribution < 1.29 is 89.4 Å². The van der Waals surface area contributed by atoms with Gasteiger partial charge in [0.05, 0.1) is 38.6 Å². The maximum absolute atomic E-state index is 13.6. The molecule has 3 aliphatic rings. The van der Waals surface area contributed by atoms with E-state index in [4.69, 9.17) is 28.4 Å². The first-order valence-corrected chi connectivity index (χ1v) is 50.4. The van der Waals surface area contributed by atoms with Crippen LogP contribution in [0.4, 0.5) is 0 Å². The van der Waals surface area contributed by atoms with E-state index in [0.717, 1.165) is 57.8 Å². The first-order valence-electron chi connectivity index (χ1n) is 50.4. The van der Waals surface area contributed by atoms with E-state index < -0.39 is 124 Å². The number of aliphatic hydroxyl groups excluding tert-OH is 11. The van der Waals surface area contributed by atoms with Crippen LogP contribution in [0.5, 0.6) is 0 Å². The van der Waals surface area contributed by atoms with Gasteiger partial charge in [0.15, 0.2) is 18.9 Å². The Balaban J connectivity index is 1.28. The molecule has 3 heterocycles. The molecule has 17 unspecified atom stereocenters. The van der Waals surface area contributed by atoms with Gasteiger partial charge in [-0.2, -0.15) is 0 Å². The molecule has 3 rings (SSSR count). The Morgan fingerprint density at radius 3 is 0.866 bits per heavy atom. The van der Waals surface area contributed by atoms with Crippen LogP contribution in [-0.2, 0) is 33.2 Å². The van der Waals surface area contributed by atoms with Crippen LogP contribution in [0.25, 0.3) is 0 Å². The fourth-order valence-electron chi connectivity index (χ4n) is 17.1. The number of allylic oxidation sites excluding steroid dienone is 7. The van der Waals surface area contributed by atoms with E-state index in [1.807, 2.05) is 6.08 Å². The molecule has 19 nitrogen and oxygen atoms in total. The number of unbranched alkanes of at least 4 members (excludes halogenated alkanes) is 62. The van der Waals surface area contributed by atoms with Crippen molar-refractivity contribution in [1.82, 2.24) is 5.32 Å². The SMILES string of the molecule is CCCCCCC/C=C\C/C=C\C/C=C\CCCCCCCCCCCCCCCCCCCCCCCCCCCCC(=O)NC(COC1OC(CO)C(OC2OC(CO)C(OC3OC(CO)C(O)C(O)C3O)C(O)C2O)C(O)C1O)C(O)/C=C/CCCCCCCCCCCCCCCCCCCCCCCCCCCCCCCCC. The molecule has 700 valence electrons. The van der Waals surface area contributed by atoms with E-state index in [2.05, 4.69) is 55.6 Å². The van der Waals surface area contributed by atoms with Crippen LogP contribution in [0, 0.1) is 0 Å². The van der Waals surface area contributed by atoms with Crippen LogP contribution < -0.4 is 5.32 Å². The zero-order valence-corrected chi connectivity index (χ0v) is 76.1. The molecular formula is C100H187NO18. The van der Waals surface area contributed by atoms with Gasteiger partial charge in [-0.1, -0.05) is 435 Å². The fraction of sp³-hybridized carbons (Fsp3) is 0.910. The lowest BCUT2D eigenvalue weighted by Gasteiger charge is -2.48. The summed E-state index contributed by atoms with van der Waals surface area (Å²) < 4.78 is 34.6. The molecule has 119 heavy (non-hydrogen) atoms. The fourth-order valence-corrected chi connectivity index (χ4v) is 17.1. The number of hydrogen-bond donors (Lipinski definition) is 12. The Hall–Kier alpha value is -2.25. The van der Waals surface area contributed by atoms with Crippen molar-refractivity contribution in [1.29, 1.82) is 0 Å². The van der Waals surface area contributed by atoms with Crippen molar-refractivity contribution >= 4 is 5.91 Å². The summed E-state index contributed by atoms with van der Waals surface area (Å²) in [6.07, 6.45) is 78.7. The van der Waals surface area contributed by atoms with Crippen molar-refractivity contribution in [3.8, 4) is 0 Å². The number of ether oxygens (including phenoxy) is 6. The number of rotatable bonds is 84. The standard InChI is InChI=1S/C100H187NO18/c1-3-5-7-9-11-13-15-17-19-21-23-25-27-29-31-33-35-37-38-39-40-41-42-43-44-46-48-50-52-54-56-58-60-62-64-66-68-70-72-74-76-78-88(106)101-83(84(105)77-75-73-71-69-67-65-63-61-59-57-55-53-51-49-47-45-36-34-32-30-28-26-24-22-20-18-16-14-12-10-8-6-4-2)82-114-98-94(112)91(109)96(86(80-103)116-98)119-100-95(113)92(110)97(87(81-104)117-100)118-99-93(111)90(108)89(107)85(79-102)115-99/h15,17,21,23,27,29,75,77,83-87,89-100,102-105,107-113H,3-14,16,18-20,22,24-26,28,30-74,76,78-82H2,1-2H3,(H,101,106)/b17-15-,23-21-,29-27-,77-75+. The van der Waals surface area contributed by atoms with Crippen LogP contribution in [0.1, 0.15) is 450 Å². The Bertz CT molecular complexity index is 2330. The summed E-state index contributed by atoms with van der Waals surface area (Å²) in [7, 11) is 0. The number of carbonyl (C=O) groups excluding carboxylic acids is 1. The van der Waals surface area contributed by atoms with Crippen molar-refractivity contribution in [2.45, 2.75) is 555 Å². The van der Waals surface area contributed by atoms with Gasteiger partial charge in [-0.25, -0.2) is 0 Å². The Labute approximate surface area is 726 Å². The topological polar surface area (TPSA) is 307 Å². The molecule has 0 aromatic rings. The van der Waals surface area contributed by atoms with Gasteiger partial charge < -0.3 is 89.9 Å². The Morgan fingerprint density at radius 1 is 0.303 bits per heavy atom. The van der Waals surface area contributed by atoms with Gasteiger partial charge in [-0.05, 0) is 57.8 Å². The van der Waals surface area contributed by atoms with E-state index in [0.29, 0.717) is 6.42 Å². The predicted molar refractivity (Wildman–Crippen MR) is 485 cm³/mol. The minimum absolute atomic E-state index is 0.248. The molecule has 3 aliphatic heterocycles. The van der Waals surface area contributed by atoms with Gasteiger partial charge in [-0.15, -0.1) is 0 Å². The highest BCUT2D eigenvalue weighted by atomic mass is 16.8. The van der Waals surface area contributed by atoms with Crippen molar-refractivity contribution in [3.63, 3.8) is 0 Å². The summed E-state index contributed by atoms with van der Waals surface area (Å²) in [6.45, 7) is 1.80. The Morgan fingerprint density at radius 2 is 0.555 bits per heavy atom. The molecule has 0 spiro atoms. The first kappa shape index (κ1) is 111. The normalized spacial score (nSPS) is 24.3. The largest absolute Gasteiger partial charge is 0.394 e. The predicted octanol–water partition coefficient (Wildman–Crippen LogP) is 21.1. The second-order valence-corrected chi connectivity index (χ2v) is 36.0. The van der Waals surface area contributed by atoms with E-state index in [1.165, 1.54) is 366 Å². The van der Waals surface area contributed by atoms with Crippen LogP contribution in [0.2, 0.25) is 0 Å². The maximum atomic E-state index is 13.6. The van der Waals surface area contributed by atoms with E-state index in [-0.39, 0.29) is 18.9 Å². The average molecular weight is 1690 g/mol. The average Bonchev–Trinajstić information content (AvgIpc) is 0.778. The van der Waals surface area contributed by atoms with Gasteiger partial charge in [-0.3, -0.25) is 4.79 Å². The number of hydrogen-bond acceptors (Lipinski definition) is 18. The monoisotopic (exact) mass is 1690 g/mol. The van der Waals surface area contributed by atoms with Crippen LogP contribution in [-0.4, -0.2) is 193 Å². The summed E-state index contributed by atoms with van der Waals surface area (Å²) in [5.41, 5.74) is 0. The summed E-state index contributed by atoms with van der Waals surface area (Å²) in [5.74, 6) is -0.266. The third-order valence-corrected chi connectivity index (χ3v) is 25.1. The van der Waals surface area contributed by atoms with Crippen LogP contribution >= 0.6 is 0 Å². The zero-order chi connectivity index (χ0) is 85.9. The highest BCUT2D eigenvalue weighted by Crippen LogP contribution is 2.34. The molecule has 17 atom stereocenters. The Kier molecular flexibility index (Phi) is 73.8. The number of aliphatic hydroxyl groups is 11. The second-order valence-electron chi connectivity index (χ2n) is 36.0. The minimum atomic E-state index is -1.98. The van der Waals surface area contributed by atoms with Crippen LogP contribution in [0.15, 0.2) is 48.6 Å². The van der Waals surface area contributed by atoms with Gasteiger partial charge >= 0.3 is 0 Å². The molecule has 19 heteroatoms. The van der Waals surface area contributed by atoms with E-state index in [9.17, 15) is 61.0 Å². The lowest BCUT2D eigenvalue weighted by molar-refractivity contribution is -0.379. The van der Waals surface area contributed by atoms with Crippen LogP contribution in [0.3, 0.4) is 0 Å². The molecule has 1 amide bonds. The summed E-state index contributed by atoms with van der Waals surface area (Å²) in [5, 5.41) is 121. The summed E-state index contributed by atoms with van der Waals surface area (Å²) in [4.78, 5) is 13.6. The van der Waals surface area contributed by atoms with E-state index in [1.54, 1.807) is 6.08 Å². The van der Waals surface area contributed by atoms with Crippen molar-refractivity contribution in [3.05, 3.63) is 48.6 Å². The summed E-state index contributed by atoms with van der Waals surface area (Å²) >= 11 is 0. The molecule has 3 fully saturated rings. The number of carbonyl (C=O) groups is 1. The third kappa shape index (κ3) is 56.5. The smallest absolute Gasteiger partial charge is 0.220 e. The summed E-state index contributed by atoms with van der Waals surface area (Å²) in [6, 6.07) is -0.975. The molecule has 0 saturated carbocycles. The quantitative estimate of drug-likeness (QED) is 0.0199.